The second kappa shape index (κ2) is 4.73. The highest BCUT2D eigenvalue weighted by Crippen LogP contribution is 2.27. The highest BCUT2D eigenvalue weighted by Gasteiger charge is 2.03. The van der Waals surface area contributed by atoms with Crippen LogP contribution in [0.25, 0.3) is 0 Å². The molecule has 0 bridgehead atoms. The highest BCUT2D eigenvalue weighted by atomic mass is 35.5. The number of benzene rings is 1. The molecule has 0 saturated heterocycles. The van der Waals surface area contributed by atoms with E-state index in [-0.39, 0.29) is 0 Å². The molecule has 0 radical (unpaired) electrons. The lowest BCUT2D eigenvalue weighted by molar-refractivity contribution is 0.439. The molecule has 0 unspecified atom stereocenters. The minimum absolute atomic E-state index is 0.509. The zero-order valence-electron chi connectivity index (χ0n) is 8.04. The van der Waals surface area contributed by atoms with E-state index in [0.29, 0.717) is 15.8 Å². The van der Waals surface area contributed by atoms with Crippen LogP contribution >= 0.6 is 23.2 Å². The molecule has 2 rings (SSSR count). The minimum Gasteiger partial charge on any atom is -0.458 e. The molecule has 1 aromatic rings. The van der Waals surface area contributed by atoms with Crippen LogP contribution in [0.2, 0.25) is 10.0 Å². The van der Waals surface area contributed by atoms with E-state index in [4.69, 9.17) is 27.9 Å². The lowest BCUT2D eigenvalue weighted by Crippen LogP contribution is -1.94. The molecule has 78 valence electrons. The first-order valence-corrected chi connectivity index (χ1v) is 5.51. The van der Waals surface area contributed by atoms with Gasteiger partial charge >= 0.3 is 0 Å². The normalized spacial score (nSPS) is 14.9. The van der Waals surface area contributed by atoms with Gasteiger partial charge in [0, 0.05) is 6.07 Å². The Kier molecular flexibility index (Phi) is 3.34. The Morgan fingerprint density at radius 2 is 1.93 bits per heavy atom. The molecule has 0 aliphatic heterocycles. The number of hydrogen-bond acceptors (Lipinski definition) is 1. The van der Waals surface area contributed by atoms with Crippen molar-refractivity contribution in [2.24, 2.45) is 0 Å². The monoisotopic (exact) mass is 240 g/mol. The van der Waals surface area contributed by atoms with E-state index in [1.807, 2.05) is 6.08 Å². The zero-order valence-corrected chi connectivity index (χ0v) is 9.55. The van der Waals surface area contributed by atoms with Gasteiger partial charge in [-0.25, -0.2) is 0 Å². The van der Waals surface area contributed by atoms with Gasteiger partial charge in [0.15, 0.2) is 0 Å². The van der Waals surface area contributed by atoms with Crippen LogP contribution in [0.3, 0.4) is 0 Å². The Morgan fingerprint density at radius 1 is 1.07 bits per heavy atom. The quantitative estimate of drug-likeness (QED) is 0.734. The maximum atomic E-state index is 5.88. The van der Waals surface area contributed by atoms with E-state index < -0.39 is 0 Å². The van der Waals surface area contributed by atoms with Crippen molar-refractivity contribution in [1.29, 1.82) is 0 Å². The molecule has 1 aliphatic rings. The molecule has 1 aromatic carbocycles. The van der Waals surface area contributed by atoms with Crippen LogP contribution in [0, 0.1) is 0 Å². The van der Waals surface area contributed by atoms with E-state index in [0.717, 1.165) is 18.6 Å². The van der Waals surface area contributed by atoms with Crippen molar-refractivity contribution in [3.8, 4) is 5.75 Å². The van der Waals surface area contributed by atoms with Crippen LogP contribution in [-0.4, -0.2) is 0 Å². The molecule has 1 aliphatic carbocycles. The first kappa shape index (κ1) is 10.6. The second-order valence-electron chi connectivity index (χ2n) is 3.26. The van der Waals surface area contributed by atoms with Gasteiger partial charge in [-0.15, -0.1) is 0 Å². The summed E-state index contributed by atoms with van der Waals surface area (Å²) in [6, 6.07) is 5.25. The van der Waals surface area contributed by atoms with E-state index in [9.17, 15) is 0 Å². The van der Waals surface area contributed by atoms with Gasteiger partial charge in [-0.2, -0.15) is 0 Å². The molecule has 0 aromatic heterocycles. The van der Waals surface area contributed by atoms with Crippen molar-refractivity contribution >= 4 is 23.2 Å². The molecule has 0 amide bonds. The van der Waals surface area contributed by atoms with Gasteiger partial charge in [-0.05, 0) is 37.1 Å². The molecule has 0 N–H and O–H groups in total. The lowest BCUT2D eigenvalue weighted by Gasteiger charge is -2.09. The van der Waals surface area contributed by atoms with E-state index in [1.165, 1.54) is 0 Å². The van der Waals surface area contributed by atoms with Gasteiger partial charge in [0.2, 0.25) is 0 Å². The molecule has 0 spiro atoms. The standard InChI is InChI=1S/C12H10Cl2O/c13-11-7-6-10(8-12(11)14)15-9-4-2-1-3-5-9/h2,4-8H,1,3H2. The SMILES string of the molecule is Clc1ccc(OC2=CCCC=C2)cc1Cl. The third-order valence-corrected chi connectivity index (χ3v) is 2.83. The maximum absolute atomic E-state index is 5.88. The van der Waals surface area contributed by atoms with Gasteiger partial charge < -0.3 is 4.74 Å². The van der Waals surface area contributed by atoms with Crippen molar-refractivity contribution in [3.05, 3.63) is 52.2 Å². The predicted octanol–water partition coefficient (Wildman–Crippen LogP) is 4.61. The number of rotatable bonds is 2. The highest BCUT2D eigenvalue weighted by molar-refractivity contribution is 6.42. The summed E-state index contributed by atoms with van der Waals surface area (Å²) >= 11 is 11.7. The summed E-state index contributed by atoms with van der Waals surface area (Å²) in [5.74, 6) is 1.57. The van der Waals surface area contributed by atoms with Crippen molar-refractivity contribution in [2.75, 3.05) is 0 Å². The zero-order chi connectivity index (χ0) is 10.7. The van der Waals surface area contributed by atoms with E-state index in [2.05, 4.69) is 12.2 Å². The van der Waals surface area contributed by atoms with Crippen molar-refractivity contribution in [3.63, 3.8) is 0 Å². The first-order chi connectivity index (χ1) is 7.25. The van der Waals surface area contributed by atoms with Crippen molar-refractivity contribution in [1.82, 2.24) is 0 Å². The van der Waals surface area contributed by atoms with Crippen LogP contribution in [0.1, 0.15) is 12.8 Å². The fourth-order valence-corrected chi connectivity index (χ4v) is 1.63. The fraction of sp³-hybridized carbons (Fsp3) is 0.167. The van der Waals surface area contributed by atoms with Gasteiger partial charge in [0.1, 0.15) is 11.5 Å². The molecule has 3 heteroatoms. The lowest BCUT2D eigenvalue weighted by atomic mass is 10.2. The minimum atomic E-state index is 0.509. The van der Waals surface area contributed by atoms with Crippen molar-refractivity contribution < 1.29 is 4.74 Å². The number of hydrogen-bond donors (Lipinski definition) is 0. The van der Waals surface area contributed by atoms with Gasteiger partial charge in [0.25, 0.3) is 0 Å². The Bertz CT molecular complexity index is 422. The molecular weight excluding hydrogens is 231 g/mol. The second-order valence-corrected chi connectivity index (χ2v) is 4.08. The molecule has 0 heterocycles. The van der Waals surface area contributed by atoms with Crippen LogP contribution in [0.15, 0.2) is 42.2 Å². The summed E-state index contributed by atoms with van der Waals surface area (Å²) in [6.07, 6.45) is 8.21. The Morgan fingerprint density at radius 3 is 2.60 bits per heavy atom. The largest absolute Gasteiger partial charge is 0.458 e. The Balaban J connectivity index is 2.14. The molecule has 0 saturated carbocycles. The number of halogens is 2. The molecular formula is C12H10Cl2O. The van der Waals surface area contributed by atoms with E-state index in [1.54, 1.807) is 18.2 Å². The number of ether oxygens (including phenoxy) is 1. The van der Waals surface area contributed by atoms with Crippen molar-refractivity contribution in [2.45, 2.75) is 12.8 Å². The average molecular weight is 241 g/mol. The topological polar surface area (TPSA) is 9.23 Å². The molecule has 1 nitrogen and oxygen atoms in total. The van der Waals surface area contributed by atoms with Crippen LogP contribution in [0.5, 0.6) is 5.75 Å². The Labute approximate surface area is 99.0 Å². The summed E-state index contributed by atoms with van der Waals surface area (Å²) in [4.78, 5) is 0. The first-order valence-electron chi connectivity index (χ1n) is 4.75. The smallest absolute Gasteiger partial charge is 0.129 e. The van der Waals surface area contributed by atoms with Gasteiger partial charge in [-0.3, -0.25) is 0 Å². The predicted molar refractivity (Wildman–Crippen MR) is 63.5 cm³/mol. The average Bonchev–Trinajstić information content (AvgIpc) is 2.25. The third-order valence-electron chi connectivity index (χ3n) is 2.09. The molecule has 15 heavy (non-hydrogen) atoms. The van der Waals surface area contributed by atoms with Crippen LogP contribution in [0.4, 0.5) is 0 Å². The maximum Gasteiger partial charge on any atom is 0.129 e. The van der Waals surface area contributed by atoms with Crippen LogP contribution in [-0.2, 0) is 0 Å². The number of allylic oxidation sites excluding steroid dienone is 3. The summed E-state index contributed by atoms with van der Waals surface area (Å²) in [5.41, 5.74) is 0. The van der Waals surface area contributed by atoms with Crippen LogP contribution < -0.4 is 4.74 Å². The molecule has 0 atom stereocenters. The molecule has 0 fully saturated rings. The summed E-state index contributed by atoms with van der Waals surface area (Å²) in [5, 5.41) is 1.05. The third kappa shape index (κ3) is 2.77. The van der Waals surface area contributed by atoms with Gasteiger partial charge in [-0.1, -0.05) is 29.3 Å². The van der Waals surface area contributed by atoms with Gasteiger partial charge in [0.05, 0.1) is 10.0 Å². The Hall–Kier alpha value is -0.920. The van der Waals surface area contributed by atoms with E-state index >= 15 is 0 Å². The summed E-state index contributed by atoms with van der Waals surface area (Å²) in [6.45, 7) is 0. The summed E-state index contributed by atoms with van der Waals surface area (Å²) in [7, 11) is 0. The summed E-state index contributed by atoms with van der Waals surface area (Å²) < 4.78 is 5.62. The fourth-order valence-electron chi connectivity index (χ4n) is 1.34.